The van der Waals surface area contributed by atoms with Crippen molar-refractivity contribution >= 4 is 32.9 Å². The van der Waals surface area contributed by atoms with E-state index in [9.17, 15) is 5.11 Å². The molecule has 0 fully saturated rings. The second-order valence-electron chi connectivity index (χ2n) is 8.30. The number of halogens is 1. The van der Waals surface area contributed by atoms with Crippen molar-refractivity contribution in [1.82, 2.24) is 4.98 Å². The van der Waals surface area contributed by atoms with Gasteiger partial charge >= 0.3 is 0 Å². The number of fused-ring (bicyclic) bond motifs is 6. The van der Waals surface area contributed by atoms with E-state index in [2.05, 4.69) is 32.5 Å². The van der Waals surface area contributed by atoms with Crippen molar-refractivity contribution in [3.8, 4) is 16.9 Å². The van der Waals surface area contributed by atoms with E-state index in [1.807, 2.05) is 73.1 Å². The molecule has 0 radical (unpaired) electrons. The number of ether oxygens (including phenoxy) is 1. The standard InChI is InChI=1S/C28H19BrN2O2/c1-17-12-30-15-26(17)28(32)21-7-8-27(29)20(9-21)16-33-23-4-2-3-18(10-23)25-14-31-13-19-5-6-22(28)11-24(19)25/h2-15,32H,1,16H2. The number of rotatable bonds is 1. The molecule has 6 bridgehead atoms. The Morgan fingerprint density at radius 1 is 1.00 bits per heavy atom. The van der Waals surface area contributed by atoms with Crippen LogP contribution >= 0.6 is 15.9 Å². The number of hydrogen-bond acceptors (Lipinski definition) is 4. The van der Waals surface area contributed by atoms with Crippen LogP contribution in [-0.2, 0) is 12.2 Å². The molecule has 0 aliphatic carbocycles. The molecule has 1 atom stereocenters. The maximum Gasteiger partial charge on any atom is 0.142 e. The molecular formula is C28H19BrN2O2. The zero-order chi connectivity index (χ0) is 22.6. The quantitative estimate of drug-likeness (QED) is 0.337. The highest BCUT2D eigenvalue weighted by Crippen LogP contribution is 2.44. The zero-order valence-corrected chi connectivity index (χ0v) is 19.2. The van der Waals surface area contributed by atoms with Crippen LogP contribution in [0.2, 0.25) is 0 Å². The summed E-state index contributed by atoms with van der Waals surface area (Å²) in [7, 11) is 0. The molecule has 0 spiro atoms. The van der Waals surface area contributed by atoms with Crippen LogP contribution in [-0.4, -0.2) is 16.3 Å². The zero-order valence-electron chi connectivity index (χ0n) is 17.6. The van der Waals surface area contributed by atoms with E-state index in [4.69, 9.17) is 4.74 Å². The second-order valence-corrected chi connectivity index (χ2v) is 9.16. The van der Waals surface area contributed by atoms with E-state index in [-0.39, 0.29) is 0 Å². The summed E-state index contributed by atoms with van der Waals surface area (Å²) >= 11 is 3.64. The van der Waals surface area contributed by atoms with Gasteiger partial charge < -0.3 is 9.84 Å². The Morgan fingerprint density at radius 2 is 1.85 bits per heavy atom. The smallest absolute Gasteiger partial charge is 0.142 e. The maximum atomic E-state index is 12.4. The minimum Gasteiger partial charge on any atom is -0.489 e. The van der Waals surface area contributed by atoms with Gasteiger partial charge in [0.25, 0.3) is 0 Å². The van der Waals surface area contributed by atoms with E-state index in [1.54, 1.807) is 12.4 Å². The fraction of sp³-hybridized carbons (Fsp3) is 0.0714. The summed E-state index contributed by atoms with van der Waals surface area (Å²) in [6.07, 6.45) is 7.07. The normalized spacial score (nSPS) is 19.0. The predicted molar refractivity (Wildman–Crippen MR) is 134 cm³/mol. The van der Waals surface area contributed by atoms with Gasteiger partial charge in [-0.25, -0.2) is 0 Å². The van der Waals surface area contributed by atoms with E-state index in [0.29, 0.717) is 17.8 Å². The van der Waals surface area contributed by atoms with Gasteiger partial charge in [0.2, 0.25) is 0 Å². The highest BCUT2D eigenvalue weighted by molar-refractivity contribution is 9.10. The molecule has 0 saturated carbocycles. The summed E-state index contributed by atoms with van der Waals surface area (Å²) in [6, 6.07) is 19.9. The van der Waals surface area contributed by atoms with Gasteiger partial charge in [0.15, 0.2) is 0 Å². The SMILES string of the molecule is C=C1C=NC=C1C1(O)c2ccc(Br)c(c2)COc2cccc(c2)-c2cncc3ccc1cc23. The van der Waals surface area contributed by atoms with Gasteiger partial charge in [0.1, 0.15) is 18.0 Å². The average molecular weight is 495 g/mol. The molecule has 3 aromatic carbocycles. The van der Waals surface area contributed by atoms with Crippen molar-refractivity contribution in [2.45, 2.75) is 12.2 Å². The largest absolute Gasteiger partial charge is 0.489 e. The first-order valence-corrected chi connectivity index (χ1v) is 11.4. The molecule has 4 nitrogen and oxygen atoms in total. The van der Waals surface area contributed by atoms with E-state index < -0.39 is 5.60 Å². The number of aliphatic hydroxyl groups is 1. The lowest BCUT2D eigenvalue weighted by Gasteiger charge is -2.32. The molecule has 5 heteroatoms. The summed E-state index contributed by atoms with van der Waals surface area (Å²) in [4.78, 5) is 8.73. The van der Waals surface area contributed by atoms with E-state index in [0.717, 1.165) is 48.8 Å². The first-order valence-electron chi connectivity index (χ1n) is 10.6. The van der Waals surface area contributed by atoms with Crippen LogP contribution in [0.4, 0.5) is 0 Å². The third-order valence-corrected chi connectivity index (χ3v) is 7.12. The van der Waals surface area contributed by atoms with Gasteiger partial charge in [0.05, 0.1) is 0 Å². The first kappa shape index (κ1) is 20.1. The molecule has 6 rings (SSSR count). The summed E-state index contributed by atoms with van der Waals surface area (Å²) in [5.74, 6) is 0.771. The Morgan fingerprint density at radius 3 is 2.70 bits per heavy atom. The highest BCUT2D eigenvalue weighted by atomic mass is 79.9. The first-order chi connectivity index (χ1) is 16.0. The van der Waals surface area contributed by atoms with E-state index in [1.165, 1.54) is 0 Å². The number of benzene rings is 3. The Labute approximate surface area is 199 Å². The Hall–Kier alpha value is -3.54. The second kappa shape index (κ2) is 7.51. The van der Waals surface area contributed by atoms with Crippen LogP contribution in [0.15, 0.2) is 106 Å². The van der Waals surface area contributed by atoms with Gasteiger partial charge in [-0.15, -0.1) is 0 Å². The van der Waals surface area contributed by atoms with Gasteiger partial charge in [-0.3, -0.25) is 9.98 Å². The summed E-state index contributed by atoms with van der Waals surface area (Å²) in [6.45, 7) is 4.48. The topological polar surface area (TPSA) is 54.7 Å². The Kier molecular flexibility index (Phi) is 4.57. The molecule has 1 N–H and O–H groups in total. The number of hydrogen-bond donors (Lipinski definition) is 1. The van der Waals surface area contributed by atoms with Crippen molar-refractivity contribution in [3.05, 3.63) is 118 Å². The molecule has 2 aliphatic rings. The monoisotopic (exact) mass is 494 g/mol. The molecule has 33 heavy (non-hydrogen) atoms. The lowest BCUT2D eigenvalue weighted by atomic mass is 9.77. The molecule has 2 aliphatic heterocycles. The van der Waals surface area contributed by atoms with Crippen molar-refractivity contribution in [2.24, 2.45) is 4.99 Å². The number of aromatic nitrogens is 1. The third kappa shape index (κ3) is 3.16. The summed E-state index contributed by atoms with van der Waals surface area (Å²) < 4.78 is 7.08. The third-order valence-electron chi connectivity index (χ3n) is 6.35. The molecule has 0 amide bonds. The van der Waals surface area contributed by atoms with Crippen molar-refractivity contribution < 1.29 is 9.84 Å². The van der Waals surface area contributed by atoms with Crippen LogP contribution in [0.3, 0.4) is 0 Å². The van der Waals surface area contributed by atoms with Gasteiger partial charge in [0, 0.05) is 51.4 Å². The number of pyridine rings is 1. The molecular weight excluding hydrogens is 476 g/mol. The molecule has 3 heterocycles. The molecule has 1 unspecified atom stereocenters. The van der Waals surface area contributed by atoms with Crippen LogP contribution in [0.5, 0.6) is 5.75 Å². The lowest BCUT2D eigenvalue weighted by molar-refractivity contribution is 0.124. The maximum absolute atomic E-state index is 12.4. The van der Waals surface area contributed by atoms with Crippen LogP contribution in [0, 0.1) is 0 Å². The fourth-order valence-electron chi connectivity index (χ4n) is 4.60. The van der Waals surface area contributed by atoms with E-state index >= 15 is 0 Å². The Bertz CT molecular complexity index is 1520. The van der Waals surface area contributed by atoms with Crippen molar-refractivity contribution in [3.63, 3.8) is 0 Å². The lowest BCUT2D eigenvalue weighted by Crippen LogP contribution is -2.30. The predicted octanol–water partition coefficient (Wildman–Crippen LogP) is 6.32. The van der Waals surface area contributed by atoms with Gasteiger partial charge in [-0.05, 0) is 58.0 Å². The Balaban J connectivity index is 1.71. The molecule has 1 aromatic heterocycles. The van der Waals surface area contributed by atoms with Crippen LogP contribution in [0.25, 0.3) is 21.9 Å². The van der Waals surface area contributed by atoms with Crippen molar-refractivity contribution in [2.75, 3.05) is 0 Å². The van der Waals surface area contributed by atoms with Gasteiger partial charge in [-0.1, -0.05) is 52.8 Å². The molecule has 160 valence electrons. The fourth-order valence-corrected chi connectivity index (χ4v) is 4.96. The summed E-state index contributed by atoms with van der Waals surface area (Å²) in [5, 5.41) is 14.4. The minimum atomic E-state index is -1.44. The minimum absolute atomic E-state index is 0.352. The summed E-state index contributed by atoms with van der Waals surface area (Å²) in [5.41, 5.74) is 4.28. The van der Waals surface area contributed by atoms with Gasteiger partial charge in [-0.2, -0.15) is 0 Å². The average Bonchev–Trinajstić information content (AvgIpc) is 3.28. The van der Waals surface area contributed by atoms with Crippen LogP contribution < -0.4 is 4.74 Å². The number of aliphatic imine (C=N–C) groups is 1. The van der Waals surface area contributed by atoms with Crippen molar-refractivity contribution in [1.29, 1.82) is 0 Å². The number of nitrogens with zero attached hydrogens (tertiary/aromatic N) is 2. The van der Waals surface area contributed by atoms with Crippen LogP contribution in [0.1, 0.15) is 16.7 Å². The highest BCUT2D eigenvalue weighted by Gasteiger charge is 2.39. The molecule has 0 saturated heterocycles. The molecule has 4 aromatic rings.